The molecule has 1 radical (unpaired) electrons. The van der Waals surface area contributed by atoms with Gasteiger partial charge in [0, 0.05) is 11.6 Å². The summed E-state index contributed by atoms with van der Waals surface area (Å²) < 4.78 is 84.8. The van der Waals surface area contributed by atoms with Gasteiger partial charge in [-0.2, -0.15) is 17.6 Å². The largest absolute Gasteiger partial charge is 0.435 e. The third-order valence-electron chi connectivity index (χ3n) is 2.55. The van der Waals surface area contributed by atoms with Crippen LogP contribution in [0.1, 0.15) is 0 Å². The lowest BCUT2D eigenvalue weighted by molar-refractivity contribution is -0.0500. The fourth-order valence-electron chi connectivity index (χ4n) is 1.77. The predicted molar refractivity (Wildman–Crippen MR) is 63.9 cm³/mol. The number of halogens is 6. The molecule has 2 rings (SSSR count). The van der Waals surface area contributed by atoms with Gasteiger partial charge in [0.25, 0.3) is 0 Å². The van der Waals surface area contributed by atoms with Crippen LogP contribution in [0.25, 0.3) is 11.1 Å². The fourth-order valence-corrected chi connectivity index (χ4v) is 1.77. The molecule has 0 saturated heterocycles. The molecule has 0 N–H and O–H groups in total. The summed E-state index contributed by atoms with van der Waals surface area (Å²) in [6, 6.07) is 6.42. The molecule has 22 heavy (non-hydrogen) atoms. The second kappa shape index (κ2) is 6.59. The molecule has 0 heterocycles. The van der Waals surface area contributed by atoms with Crippen molar-refractivity contribution in [2.24, 2.45) is 0 Å². The van der Waals surface area contributed by atoms with Gasteiger partial charge in [-0.1, -0.05) is 6.07 Å². The summed E-state index contributed by atoms with van der Waals surface area (Å²) in [6.07, 6.45) is 0. The van der Waals surface area contributed by atoms with Crippen molar-refractivity contribution in [3.8, 4) is 22.6 Å². The molecule has 2 nitrogen and oxygen atoms in total. The average Bonchev–Trinajstić information content (AvgIpc) is 2.40. The van der Waals surface area contributed by atoms with Crippen LogP contribution in [0.3, 0.4) is 0 Å². The normalized spacial score (nSPS) is 11.1. The predicted octanol–water partition coefficient (Wildman–Crippen LogP) is 4.63. The van der Waals surface area contributed by atoms with Crippen molar-refractivity contribution in [2.75, 3.05) is 0 Å². The molecule has 2 aromatic carbocycles. The lowest BCUT2D eigenvalue weighted by Gasteiger charge is -2.13. The molecular weight excluding hydrogens is 314 g/mol. The van der Waals surface area contributed by atoms with E-state index in [9.17, 15) is 26.3 Å². The van der Waals surface area contributed by atoms with E-state index in [1.807, 2.05) is 6.07 Å². The first-order valence-electron chi connectivity index (χ1n) is 5.78. The first kappa shape index (κ1) is 16.0. The smallest absolute Gasteiger partial charge is 0.387 e. The molecule has 0 amide bonds. The molecule has 8 heteroatoms. The molecule has 0 saturated carbocycles. The van der Waals surface area contributed by atoms with Gasteiger partial charge >= 0.3 is 13.2 Å². The quantitative estimate of drug-likeness (QED) is 0.747. The van der Waals surface area contributed by atoms with E-state index in [2.05, 4.69) is 9.47 Å². The van der Waals surface area contributed by atoms with Crippen molar-refractivity contribution >= 4 is 0 Å². The van der Waals surface area contributed by atoms with Gasteiger partial charge in [-0.3, -0.25) is 0 Å². The monoisotopic (exact) mass is 321 g/mol. The van der Waals surface area contributed by atoms with E-state index in [-0.39, 0.29) is 0 Å². The average molecular weight is 321 g/mol. The van der Waals surface area contributed by atoms with Crippen LogP contribution < -0.4 is 9.47 Å². The molecule has 117 valence electrons. The minimum absolute atomic E-state index is 0.502. The van der Waals surface area contributed by atoms with Crippen LogP contribution in [0.2, 0.25) is 0 Å². The lowest BCUT2D eigenvalue weighted by atomic mass is 10.0. The summed E-state index contributed by atoms with van der Waals surface area (Å²) in [7, 11) is 0. The van der Waals surface area contributed by atoms with Gasteiger partial charge in [-0.05, 0) is 24.3 Å². The molecule has 0 fully saturated rings. The first-order chi connectivity index (χ1) is 10.4. The zero-order valence-electron chi connectivity index (χ0n) is 10.6. The number of ether oxygens (including phenoxy) is 2. The maximum absolute atomic E-state index is 13.9. The number of hydrogen-bond acceptors (Lipinski definition) is 2. The highest BCUT2D eigenvalue weighted by Gasteiger charge is 2.20. The van der Waals surface area contributed by atoms with Crippen LogP contribution in [0, 0.1) is 17.7 Å². The molecule has 0 aliphatic rings. The molecule has 0 unspecified atom stereocenters. The van der Waals surface area contributed by atoms with Crippen molar-refractivity contribution in [2.45, 2.75) is 13.2 Å². The molecule has 0 spiro atoms. The topological polar surface area (TPSA) is 18.5 Å². The third-order valence-corrected chi connectivity index (χ3v) is 2.55. The number of hydrogen-bond donors (Lipinski definition) is 0. The second-order valence-corrected chi connectivity index (χ2v) is 3.93. The number of rotatable bonds is 5. The molecule has 0 aliphatic carbocycles. The van der Waals surface area contributed by atoms with E-state index in [0.717, 1.165) is 30.3 Å². The van der Waals surface area contributed by atoms with Gasteiger partial charge < -0.3 is 9.47 Å². The van der Waals surface area contributed by atoms with Crippen LogP contribution >= 0.6 is 0 Å². The third kappa shape index (κ3) is 3.63. The Labute approximate surface area is 120 Å². The Kier molecular flexibility index (Phi) is 4.79. The highest BCUT2D eigenvalue weighted by Crippen LogP contribution is 2.37. The Morgan fingerprint density at radius 3 is 2.27 bits per heavy atom. The molecule has 0 aromatic heterocycles. The summed E-state index contributed by atoms with van der Waals surface area (Å²) in [5.41, 5.74) is -1.23. The van der Waals surface area contributed by atoms with Crippen molar-refractivity contribution in [3.63, 3.8) is 0 Å². The van der Waals surface area contributed by atoms with E-state index >= 15 is 0 Å². The summed E-state index contributed by atoms with van der Waals surface area (Å²) in [6.45, 7) is -6.46. The summed E-state index contributed by atoms with van der Waals surface area (Å²) in [5, 5.41) is 0. The second-order valence-electron chi connectivity index (χ2n) is 3.93. The molecule has 0 bridgehead atoms. The standard InChI is InChI=1S/C14H7F6O2/c15-9-5-4-7(21-13(17)18)6-8(9)12-10(16)2-1-3-11(12)22-14(19)20/h1-4,6,13-14H. The summed E-state index contributed by atoms with van der Waals surface area (Å²) in [4.78, 5) is 0. The van der Waals surface area contributed by atoms with Crippen LogP contribution in [-0.2, 0) is 0 Å². The summed E-state index contributed by atoms with van der Waals surface area (Å²) in [5.74, 6) is -3.35. The van der Waals surface area contributed by atoms with Gasteiger partial charge in [0.05, 0.1) is 5.56 Å². The van der Waals surface area contributed by atoms with Crippen LogP contribution in [0.5, 0.6) is 11.5 Å². The number of alkyl halides is 4. The SMILES string of the molecule is Fc1[c]cc(OC(F)F)cc1-c1c(F)cccc1OC(F)F. The Morgan fingerprint density at radius 1 is 0.955 bits per heavy atom. The van der Waals surface area contributed by atoms with Crippen LogP contribution in [0.4, 0.5) is 26.3 Å². The number of benzene rings is 2. The fraction of sp³-hybridized carbons (Fsp3) is 0.143. The van der Waals surface area contributed by atoms with E-state index in [1.165, 1.54) is 0 Å². The molecule has 2 aromatic rings. The maximum atomic E-state index is 13.9. The Bertz CT molecular complexity index is 660. The van der Waals surface area contributed by atoms with Gasteiger partial charge in [-0.25, -0.2) is 8.78 Å². The minimum atomic E-state index is -3.27. The Hall–Kier alpha value is -2.38. The van der Waals surface area contributed by atoms with Gasteiger partial charge in [0.2, 0.25) is 0 Å². The summed E-state index contributed by atoms with van der Waals surface area (Å²) >= 11 is 0. The van der Waals surface area contributed by atoms with Crippen molar-refractivity contribution in [3.05, 3.63) is 48.0 Å². The first-order valence-corrected chi connectivity index (χ1v) is 5.78. The van der Waals surface area contributed by atoms with E-state index < -0.39 is 47.5 Å². The van der Waals surface area contributed by atoms with E-state index in [4.69, 9.17) is 0 Å². The zero-order valence-corrected chi connectivity index (χ0v) is 10.6. The zero-order chi connectivity index (χ0) is 16.3. The highest BCUT2D eigenvalue weighted by atomic mass is 19.3. The van der Waals surface area contributed by atoms with E-state index in [0.29, 0.717) is 0 Å². The Balaban J connectivity index is 2.55. The Morgan fingerprint density at radius 2 is 1.64 bits per heavy atom. The minimum Gasteiger partial charge on any atom is -0.435 e. The van der Waals surface area contributed by atoms with Crippen molar-refractivity contribution in [1.82, 2.24) is 0 Å². The van der Waals surface area contributed by atoms with Gasteiger partial charge in [0.15, 0.2) is 0 Å². The van der Waals surface area contributed by atoms with Crippen molar-refractivity contribution < 1.29 is 35.8 Å². The van der Waals surface area contributed by atoms with Crippen LogP contribution in [0.15, 0.2) is 30.3 Å². The highest BCUT2D eigenvalue weighted by molar-refractivity contribution is 5.72. The molecule has 0 atom stereocenters. The lowest BCUT2D eigenvalue weighted by Crippen LogP contribution is -2.05. The van der Waals surface area contributed by atoms with Gasteiger partial charge in [-0.15, -0.1) is 0 Å². The van der Waals surface area contributed by atoms with E-state index in [1.54, 1.807) is 0 Å². The van der Waals surface area contributed by atoms with Crippen LogP contribution in [-0.4, -0.2) is 13.2 Å². The molecular formula is C14H7F6O2. The maximum Gasteiger partial charge on any atom is 0.387 e. The van der Waals surface area contributed by atoms with Gasteiger partial charge in [0.1, 0.15) is 23.1 Å². The molecule has 0 aliphatic heterocycles. The van der Waals surface area contributed by atoms with Crippen molar-refractivity contribution in [1.29, 1.82) is 0 Å².